The highest BCUT2D eigenvalue weighted by Gasteiger charge is 2.46. The highest BCUT2D eigenvalue weighted by atomic mass is 31.2. The molecule has 1 aliphatic heterocycles. The number of rotatable bonds is 2. The first kappa shape index (κ1) is 21.1. The average Bonchev–Trinajstić information content (AvgIpc) is 2.78. The molecule has 1 atom stereocenters. The van der Waals surface area contributed by atoms with Crippen LogP contribution in [0.15, 0.2) is 48.3 Å². The zero-order valence-electron chi connectivity index (χ0n) is 18.8. The van der Waals surface area contributed by atoms with Gasteiger partial charge in [-0.05, 0) is 44.3 Å². The van der Waals surface area contributed by atoms with E-state index < -0.39 is 7.14 Å². The summed E-state index contributed by atoms with van der Waals surface area (Å²) in [5.41, 5.74) is 4.90. The Morgan fingerprint density at radius 3 is 2.07 bits per heavy atom. The third-order valence-corrected chi connectivity index (χ3v) is 8.96. The second kappa shape index (κ2) is 6.74. The monoisotopic (exact) mass is 394 g/mol. The summed E-state index contributed by atoms with van der Waals surface area (Å²) >= 11 is 0. The van der Waals surface area contributed by atoms with Gasteiger partial charge in [-0.3, -0.25) is 0 Å². The van der Waals surface area contributed by atoms with Crippen molar-refractivity contribution >= 4 is 18.5 Å². The molecule has 0 fully saturated rings. The Morgan fingerprint density at radius 1 is 0.929 bits per heavy atom. The van der Waals surface area contributed by atoms with Crippen LogP contribution in [0.4, 0.5) is 0 Å². The highest BCUT2D eigenvalue weighted by Crippen LogP contribution is 2.60. The van der Waals surface area contributed by atoms with Crippen LogP contribution in [0.3, 0.4) is 0 Å². The van der Waals surface area contributed by atoms with E-state index in [4.69, 9.17) is 0 Å². The Kier molecular flexibility index (Phi) is 5.08. The number of hydrogen-bond donors (Lipinski definition) is 0. The minimum Gasteiger partial charge on any atom is -0.314 e. The van der Waals surface area contributed by atoms with Crippen molar-refractivity contribution in [3.05, 3.63) is 70.5 Å². The van der Waals surface area contributed by atoms with E-state index in [0.29, 0.717) is 6.16 Å². The van der Waals surface area contributed by atoms with Crippen LogP contribution in [0.25, 0.3) is 6.08 Å². The smallest absolute Gasteiger partial charge is 0.137 e. The van der Waals surface area contributed by atoms with Gasteiger partial charge in [-0.15, -0.1) is 0 Å². The molecule has 0 spiro atoms. The molecule has 1 aliphatic rings. The fourth-order valence-corrected chi connectivity index (χ4v) is 7.97. The predicted octanol–water partition coefficient (Wildman–Crippen LogP) is 7.23. The molecule has 28 heavy (non-hydrogen) atoms. The van der Waals surface area contributed by atoms with Gasteiger partial charge in [0.1, 0.15) is 7.14 Å². The molecule has 0 saturated carbocycles. The largest absolute Gasteiger partial charge is 0.314 e. The zero-order valence-corrected chi connectivity index (χ0v) is 19.7. The van der Waals surface area contributed by atoms with Gasteiger partial charge in [0.15, 0.2) is 0 Å². The van der Waals surface area contributed by atoms with Crippen molar-refractivity contribution in [1.82, 2.24) is 0 Å². The second-order valence-electron chi connectivity index (χ2n) is 11.0. The molecule has 0 N–H and O–H groups in total. The maximum atomic E-state index is 14.4. The molecule has 150 valence electrons. The minimum absolute atomic E-state index is 0.0536. The maximum absolute atomic E-state index is 14.4. The van der Waals surface area contributed by atoms with E-state index in [1.165, 1.54) is 16.7 Å². The Bertz CT molecular complexity index is 950. The van der Waals surface area contributed by atoms with Gasteiger partial charge in [0.05, 0.1) is 0 Å². The average molecular weight is 395 g/mol. The molecule has 0 aromatic heterocycles. The van der Waals surface area contributed by atoms with Crippen molar-refractivity contribution in [2.45, 2.75) is 71.6 Å². The van der Waals surface area contributed by atoms with Gasteiger partial charge >= 0.3 is 0 Å². The van der Waals surface area contributed by atoms with Crippen LogP contribution >= 0.6 is 7.14 Å². The first-order valence-electron chi connectivity index (χ1n) is 10.3. The van der Waals surface area contributed by atoms with Gasteiger partial charge in [-0.1, -0.05) is 104 Å². The Labute approximate surface area is 171 Å². The van der Waals surface area contributed by atoms with E-state index in [2.05, 4.69) is 85.7 Å². The summed E-state index contributed by atoms with van der Waals surface area (Å²) in [6, 6.07) is 14.9. The molecule has 0 bridgehead atoms. The van der Waals surface area contributed by atoms with Crippen molar-refractivity contribution in [3.8, 4) is 0 Å². The summed E-state index contributed by atoms with van der Waals surface area (Å²) in [5.74, 6) is 2.02. The van der Waals surface area contributed by atoms with Crippen molar-refractivity contribution in [2.75, 3.05) is 6.16 Å². The van der Waals surface area contributed by atoms with Gasteiger partial charge in [0.2, 0.25) is 0 Å². The van der Waals surface area contributed by atoms with Crippen molar-refractivity contribution in [3.63, 3.8) is 0 Å². The normalized spacial score (nSPS) is 21.9. The molecule has 2 aromatic rings. The van der Waals surface area contributed by atoms with E-state index in [-0.39, 0.29) is 16.2 Å². The van der Waals surface area contributed by atoms with Gasteiger partial charge in [-0.2, -0.15) is 0 Å². The first-order chi connectivity index (χ1) is 12.7. The lowest BCUT2D eigenvalue weighted by molar-refractivity contribution is 0.558. The van der Waals surface area contributed by atoms with Gasteiger partial charge in [0, 0.05) is 11.5 Å². The molecule has 0 aliphatic carbocycles. The van der Waals surface area contributed by atoms with Crippen molar-refractivity contribution < 1.29 is 4.57 Å². The molecule has 2 heteroatoms. The van der Waals surface area contributed by atoms with Gasteiger partial charge in [-0.25, -0.2) is 0 Å². The molecule has 1 nitrogen and oxygen atoms in total. The lowest BCUT2D eigenvalue weighted by Gasteiger charge is -2.30. The third-order valence-electron chi connectivity index (χ3n) is 5.83. The maximum Gasteiger partial charge on any atom is 0.137 e. The summed E-state index contributed by atoms with van der Waals surface area (Å²) in [6.07, 6.45) is 2.76. The van der Waals surface area contributed by atoms with Crippen LogP contribution in [-0.4, -0.2) is 6.16 Å². The topological polar surface area (TPSA) is 17.1 Å². The number of benzene rings is 2. The predicted molar refractivity (Wildman–Crippen MR) is 124 cm³/mol. The Balaban J connectivity index is 2.26. The third kappa shape index (κ3) is 3.92. The molecule has 1 heterocycles. The first-order valence-corrected chi connectivity index (χ1v) is 12.2. The Morgan fingerprint density at radius 2 is 1.54 bits per heavy atom. The van der Waals surface area contributed by atoms with Crippen LogP contribution in [0.1, 0.15) is 77.6 Å². The van der Waals surface area contributed by atoms with E-state index in [0.717, 1.165) is 10.9 Å². The SMILES string of the molecule is CC(C)(C)c1cc(C(C)(C)C)c2c(c1)C(C)(C)CP2(=O)/C=C/c1ccccc1. The van der Waals surface area contributed by atoms with Crippen LogP contribution in [0.5, 0.6) is 0 Å². The van der Waals surface area contributed by atoms with E-state index in [1.807, 2.05) is 24.0 Å². The minimum atomic E-state index is -2.63. The molecule has 2 aromatic carbocycles. The Hall–Kier alpha value is -1.59. The van der Waals surface area contributed by atoms with Crippen molar-refractivity contribution in [2.24, 2.45) is 0 Å². The van der Waals surface area contributed by atoms with Gasteiger partial charge in [0.25, 0.3) is 0 Å². The molecule has 3 rings (SSSR count). The van der Waals surface area contributed by atoms with Crippen LogP contribution in [0, 0.1) is 0 Å². The summed E-state index contributed by atoms with van der Waals surface area (Å²) in [5, 5.41) is 1.12. The quantitative estimate of drug-likeness (QED) is 0.491. The van der Waals surface area contributed by atoms with Crippen LogP contribution < -0.4 is 5.30 Å². The van der Waals surface area contributed by atoms with Gasteiger partial charge < -0.3 is 4.57 Å². The van der Waals surface area contributed by atoms with E-state index >= 15 is 0 Å². The molecule has 0 radical (unpaired) electrons. The summed E-state index contributed by atoms with van der Waals surface area (Å²) in [4.78, 5) is 0. The van der Waals surface area contributed by atoms with E-state index in [9.17, 15) is 4.57 Å². The molecule has 1 unspecified atom stereocenters. The summed E-state index contributed by atoms with van der Waals surface area (Å²) in [6.45, 7) is 18.0. The van der Waals surface area contributed by atoms with Crippen LogP contribution in [-0.2, 0) is 20.8 Å². The molecule has 0 saturated heterocycles. The standard InChI is InChI=1S/C26H35OP/c1-24(2,3)20-16-21(25(4,5)6)23-22(17-20)26(7,8)18-28(23,27)15-14-19-12-10-9-11-13-19/h9-17H,18H2,1-8H3/b15-14+. The van der Waals surface area contributed by atoms with Crippen LogP contribution in [0.2, 0.25) is 0 Å². The number of fused-ring (bicyclic) bond motifs is 1. The second-order valence-corrected chi connectivity index (χ2v) is 13.6. The summed E-state index contributed by atoms with van der Waals surface area (Å²) in [7, 11) is -2.63. The fraction of sp³-hybridized carbons (Fsp3) is 0.462. The zero-order chi connectivity index (χ0) is 21.0. The molecular weight excluding hydrogens is 359 g/mol. The lowest BCUT2D eigenvalue weighted by Crippen LogP contribution is -2.27. The van der Waals surface area contributed by atoms with E-state index in [1.54, 1.807) is 0 Å². The lowest BCUT2D eigenvalue weighted by atomic mass is 9.75. The number of hydrogen-bond acceptors (Lipinski definition) is 1. The highest BCUT2D eigenvalue weighted by molar-refractivity contribution is 7.75. The molecule has 0 amide bonds. The molecular formula is C26H35OP. The summed E-state index contributed by atoms with van der Waals surface area (Å²) < 4.78 is 14.4. The fourth-order valence-electron chi connectivity index (χ4n) is 4.21. The van der Waals surface area contributed by atoms with Crippen molar-refractivity contribution in [1.29, 1.82) is 0 Å².